The van der Waals surface area contributed by atoms with Crippen molar-refractivity contribution in [1.29, 1.82) is 0 Å². The third-order valence-electron chi connectivity index (χ3n) is 2.68. The van der Waals surface area contributed by atoms with Gasteiger partial charge in [0.2, 0.25) is 0 Å². The number of carboxylic acids is 1. The first-order chi connectivity index (χ1) is 8.65. The molecule has 1 aromatic carbocycles. The summed E-state index contributed by atoms with van der Waals surface area (Å²) in [7, 11) is 0. The van der Waals surface area contributed by atoms with Gasteiger partial charge in [0.15, 0.2) is 0 Å². The van der Waals surface area contributed by atoms with E-state index in [1.165, 1.54) is 11.3 Å². The molecule has 1 aromatic heterocycles. The van der Waals surface area contributed by atoms with E-state index in [-0.39, 0.29) is 0 Å². The van der Waals surface area contributed by atoms with Crippen LogP contribution in [0, 0.1) is 5.92 Å². The summed E-state index contributed by atoms with van der Waals surface area (Å²) in [6.07, 6.45) is 0.950. The number of hydrogen-bond donors (Lipinski definition) is 1. The van der Waals surface area contributed by atoms with E-state index in [9.17, 15) is 9.90 Å². The van der Waals surface area contributed by atoms with E-state index >= 15 is 0 Å². The van der Waals surface area contributed by atoms with Gasteiger partial charge in [0.1, 0.15) is 0 Å². The highest BCUT2D eigenvalue weighted by atomic mass is 35.5. The lowest BCUT2D eigenvalue weighted by Gasteiger charge is -2.11. The molecule has 1 heterocycles. The Morgan fingerprint density at radius 1 is 1.33 bits per heavy atom. The molecular formula is C13H12ClNO2S. The minimum atomic E-state index is -0.794. The second kappa shape index (κ2) is 5.98. The molecule has 3 nitrogen and oxygen atoms in total. The molecule has 1 unspecified atom stereocenters. The van der Waals surface area contributed by atoms with Crippen LogP contribution in [0.25, 0.3) is 0 Å². The van der Waals surface area contributed by atoms with Crippen molar-refractivity contribution in [3.63, 3.8) is 0 Å². The van der Waals surface area contributed by atoms with Crippen molar-refractivity contribution in [2.45, 2.75) is 12.8 Å². The maximum atomic E-state index is 11.2. The molecule has 0 fully saturated rings. The summed E-state index contributed by atoms with van der Waals surface area (Å²) in [5.74, 6) is -1.24. The number of halogens is 1. The number of carboxylic acid groups (broad SMARTS) is 1. The molecule has 1 N–H and O–H groups in total. The summed E-state index contributed by atoms with van der Waals surface area (Å²) in [5.41, 5.74) is 3.53. The van der Waals surface area contributed by atoms with Crippen LogP contribution in [0.5, 0.6) is 0 Å². The minimum absolute atomic E-state index is 0.451. The third-order valence-corrected chi connectivity index (χ3v) is 3.57. The highest BCUT2D eigenvalue weighted by molar-refractivity contribution is 7.07. The van der Waals surface area contributed by atoms with Crippen molar-refractivity contribution in [2.24, 2.45) is 5.92 Å². The predicted octanol–water partition coefficient (Wildman–Crippen LogP) is 3.28. The van der Waals surface area contributed by atoms with E-state index in [4.69, 9.17) is 11.6 Å². The normalized spacial score (nSPS) is 12.3. The van der Waals surface area contributed by atoms with Gasteiger partial charge in [-0.05, 0) is 24.1 Å². The second-order valence-corrected chi connectivity index (χ2v) is 5.20. The molecule has 0 aliphatic heterocycles. The lowest BCUT2D eigenvalue weighted by molar-refractivity contribution is -0.141. The van der Waals surface area contributed by atoms with Gasteiger partial charge in [0, 0.05) is 16.8 Å². The first kappa shape index (κ1) is 13.1. The Labute approximate surface area is 114 Å². The fourth-order valence-electron chi connectivity index (χ4n) is 1.74. The number of aliphatic carboxylic acids is 1. The van der Waals surface area contributed by atoms with Crippen LogP contribution in [0.1, 0.15) is 11.3 Å². The van der Waals surface area contributed by atoms with Gasteiger partial charge in [-0.3, -0.25) is 4.79 Å². The third kappa shape index (κ3) is 3.55. The zero-order valence-electron chi connectivity index (χ0n) is 9.54. The summed E-state index contributed by atoms with van der Waals surface area (Å²) >= 11 is 7.28. The SMILES string of the molecule is O=C(O)C(Cc1ccc(Cl)cc1)Cc1cscn1. The van der Waals surface area contributed by atoms with Gasteiger partial charge >= 0.3 is 5.97 Å². The van der Waals surface area contributed by atoms with E-state index in [0.29, 0.717) is 17.9 Å². The largest absolute Gasteiger partial charge is 0.481 e. The van der Waals surface area contributed by atoms with Gasteiger partial charge in [-0.2, -0.15) is 0 Å². The lowest BCUT2D eigenvalue weighted by atomic mass is 9.95. The number of benzene rings is 1. The molecular weight excluding hydrogens is 270 g/mol. The number of nitrogens with zero attached hydrogens (tertiary/aromatic N) is 1. The summed E-state index contributed by atoms with van der Waals surface area (Å²) < 4.78 is 0. The second-order valence-electron chi connectivity index (χ2n) is 4.05. The van der Waals surface area contributed by atoms with E-state index in [0.717, 1.165) is 11.3 Å². The molecule has 18 heavy (non-hydrogen) atoms. The minimum Gasteiger partial charge on any atom is -0.481 e. The van der Waals surface area contributed by atoms with E-state index in [1.807, 2.05) is 17.5 Å². The van der Waals surface area contributed by atoms with Crippen LogP contribution in [0.2, 0.25) is 5.02 Å². The highest BCUT2D eigenvalue weighted by Gasteiger charge is 2.19. The monoisotopic (exact) mass is 281 g/mol. The van der Waals surface area contributed by atoms with Gasteiger partial charge in [0.25, 0.3) is 0 Å². The summed E-state index contributed by atoms with van der Waals surface area (Å²) in [4.78, 5) is 15.4. The molecule has 0 aliphatic rings. The zero-order chi connectivity index (χ0) is 13.0. The van der Waals surface area contributed by atoms with Crippen molar-refractivity contribution in [1.82, 2.24) is 4.98 Å². The molecule has 0 amide bonds. The standard InChI is InChI=1S/C13H12ClNO2S/c14-11-3-1-9(2-4-11)5-10(13(16)17)6-12-7-18-8-15-12/h1-4,7-8,10H,5-6H2,(H,16,17). The molecule has 0 saturated heterocycles. The van der Waals surface area contributed by atoms with Gasteiger partial charge in [-0.15, -0.1) is 11.3 Å². The maximum Gasteiger partial charge on any atom is 0.307 e. The fourth-order valence-corrected chi connectivity index (χ4v) is 2.44. The molecule has 2 rings (SSSR count). The van der Waals surface area contributed by atoms with Crippen LogP contribution in [0.4, 0.5) is 0 Å². The van der Waals surface area contributed by atoms with Gasteiger partial charge in [0.05, 0.1) is 17.1 Å². The van der Waals surface area contributed by atoms with Crippen LogP contribution < -0.4 is 0 Å². The molecule has 0 saturated carbocycles. The van der Waals surface area contributed by atoms with E-state index in [1.54, 1.807) is 17.6 Å². The highest BCUT2D eigenvalue weighted by Crippen LogP contribution is 2.17. The van der Waals surface area contributed by atoms with Gasteiger partial charge in [-0.1, -0.05) is 23.7 Å². The molecule has 0 spiro atoms. The number of rotatable bonds is 5. The van der Waals surface area contributed by atoms with Gasteiger partial charge < -0.3 is 5.11 Å². The smallest absolute Gasteiger partial charge is 0.307 e. The van der Waals surface area contributed by atoms with Crippen molar-refractivity contribution < 1.29 is 9.90 Å². The topological polar surface area (TPSA) is 50.2 Å². The van der Waals surface area contributed by atoms with Crippen LogP contribution in [-0.2, 0) is 17.6 Å². The molecule has 0 radical (unpaired) electrons. The number of thiazole rings is 1. The quantitative estimate of drug-likeness (QED) is 0.915. The van der Waals surface area contributed by atoms with E-state index < -0.39 is 11.9 Å². The van der Waals surface area contributed by atoms with Crippen LogP contribution >= 0.6 is 22.9 Å². The Hall–Kier alpha value is -1.39. The summed E-state index contributed by atoms with van der Waals surface area (Å²) in [5, 5.41) is 11.8. The van der Waals surface area contributed by atoms with Gasteiger partial charge in [-0.25, -0.2) is 4.98 Å². The Bertz CT molecular complexity index is 510. The van der Waals surface area contributed by atoms with Crippen molar-refractivity contribution in [3.8, 4) is 0 Å². The molecule has 0 aliphatic carbocycles. The summed E-state index contributed by atoms with van der Waals surface area (Å²) in [6.45, 7) is 0. The Kier molecular flexibility index (Phi) is 4.33. The summed E-state index contributed by atoms with van der Waals surface area (Å²) in [6, 6.07) is 7.27. The van der Waals surface area contributed by atoms with Crippen molar-refractivity contribution in [3.05, 3.63) is 51.4 Å². The molecule has 2 aromatic rings. The Balaban J connectivity index is 2.06. The molecule has 5 heteroatoms. The zero-order valence-corrected chi connectivity index (χ0v) is 11.1. The Morgan fingerprint density at radius 2 is 2.06 bits per heavy atom. The first-order valence-corrected chi connectivity index (χ1v) is 6.81. The fraction of sp³-hybridized carbons (Fsp3) is 0.231. The predicted molar refractivity (Wildman–Crippen MR) is 72.1 cm³/mol. The number of hydrogen-bond acceptors (Lipinski definition) is 3. The average molecular weight is 282 g/mol. The average Bonchev–Trinajstić information content (AvgIpc) is 2.84. The van der Waals surface area contributed by atoms with Crippen molar-refractivity contribution in [2.75, 3.05) is 0 Å². The molecule has 1 atom stereocenters. The molecule has 94 valence electrons. The lowest BCUT2D eigenvalue weighted by Crippen LogP contribution is -2.19. The Morgan fingerprint density at radius 3 is 2.61 bits per heavy atom. The van der Waals surface area contributed by atoms with E-state index in [2.05, 4.69) is 4.98 Å². The maximum absolute atomic E-state index is 11.2. The van der Waals surface area contributed by atoms with Crippen LogP contribution in [0.15, 0.2) is 35.2 Å². The first-order valence-electron chi connectivity index (χ1n) is 5.49. The van der Waals surface area contributed by atoms with Crippen LogP contribution in [-0.4, -0.2) is 16.1 Å². The van der Waals surface area contributed by atoms with Crippen LogP contribution in [0.3, 0.4) is 0 Å². The number of aromatic nitrogens is 1. The number of carbonyl (C=O) groups is 1. The van der Waals surface area contributed by atoms with Crippen molar-refractivity contribution >= 4 is 28.9 Å². The molecule has 0 bridgehead atoms.